The zero-order valence-corrected chi connectivity index (χ0v) is 10.2. The average molecular weight is 258 g/mol. The maximum atomic E-state index is 11.5. The summed E-state index contributed by atoms with van der Waals surface area (Å²) in [5, 5.41) is 18.0. The van der Waals surface area contributed by atoms with E-state index in [2.05, 4.69) is 0 Å². The molecule has 0 amide bonds. The molecule has 0 aliphatic rings. The fourth-order valence-electron chi connectivity index (χ4n) is 1.63. The molecule has 17 heavy (non-hydrogen) atoms. The Balaban J connectivity index is 3.00. The Morgan fingerprint density at radius 1 is 1.35 bits per heavy atom. The van der Waals surface area contributed by atoms with Gasteiger partial charge in [0.1, 0.15) is 10.6 Å². The smallest absolute Gasteiger partial charge is 0.303 e. The number of carbonyl (C=O) groups is 1. The van der Waals surface area contributed by atoms with Gasteiger partial charge in [-0.2, -0.15) is 0 Å². The monoisotopic (exact) mass is 258 g/mol. The number of sulfone groups is 1. The molecule has 6 heteroatoms. The van der Waals surface area contributed by atoms with Gasteiger partial charge in [0, 0.05) is 12.7 Å². The van der Waals surface area contributed by atoms with Crippen LogP contribution in [0.2, 0.25) is 0 Å². The SMILES string of the molecule is CS(=O)(=O)c1c(O)cccc1CCCC(=O)O. The number of phenols is 1. The van der Waals surface area contributed by atoms with Gasteiger partial charge in [-0.15, -0.1) is 0 Å². The normalized spacial score (nSPS) is 11.4. The third kappa shape index (κ3) is 3.74. The highest BCUT2D eigenvalue weighted by Gasteiger charge is 2.17. The molecule has 0 aliphatic heterocycles. The highest BCUT2D eigenvalue weighted by molar-refractivity contribution is 7.90. The molecule has 1 rings (SSSR count). The Labute approximate surface area is 99.6 Å². The van der Waals surface area contributed by atoms with Crippen molar-refractivity contribution < 1.29 is 23.4 Å². The van der Waals surface area contributed by atoms with Crippen molar-refractivity contribution in [2.24, 2.45) is 0 Å². The first-order valence-corrected chi connectivity index (χ1v) is 6.94. The van der Waals surface area contributed by atoms with Gasteiger partial charge in [0.2, 0.25) is 0 Å². The van der Waals surface area contributed by atoms with E-state index in [0.29, 0.717) is 18.4 Å². The van der Waals surface area contributed by atoms with Crippen molar-refractivity contribution in [3.05, 3.63) is 23.8 Å². The predicted molar refractivity (Wildman–Crippen MR) is 61.8 cm³/mol. The van der Waals surface area contributed by atoms with Crippen LogP contribution >= 0.6 is 0 Å². The average Bonchev–Trinajstić information content (AvgIpc) is 2.14. The first-order chi connectivity index (χ1) is 7.82. The van der Waals surface area contributed by atoms with Crippen molar-refractivity contribution in [1.82, 2.24) is 0 Å². The van der Waals surface area contributed by atoms with E-state index in [1.54, 1.807) is 12.1 Å². The van der Waals surface area contributed by atoms with Crippen LogP contribution in [-0.2, 0) is 21.1 Å². The number of aliphatic carboxylic acids is 1. The molecule has 0 aromatic heterocycles. The Morgan fingerprint density at radius 2 is 2.00 bits per heavy atom. The van der Waals surface area contributed by atoms with Gasteiger partial charge < -0.3 is 10.2 Å². The summed E-state index contributed by atoms with van der Waals surface area (Å²) in [6.45, 7) is 0. The molecule has 1 aromatic carbocycles. The molecule has 0 spiro atoms. The van der Waals surface area contributed by atoms with Crippen LogP contribution in [0.3, 0.4) is 0 Å². The Morgan fingerprint density at radius 3 is 2.53 bits per heavy atom. The predicted octanol–water partition coefficient (Wildman–Crippen LogP) is 1.20. The molecule has 0 bridgehead atoms. The zero-order chi connectivity index (χ0) is 13.1. The van der Waals surface area contributed by atoms with Crippen LogP contribution in [0.5, 0.6) is 5.75 Å². The lowest BCUT2D eigenvalue weighted by Gasteiger charge is -2.08. The molecule has 94 valence electrons. The van der Waals surface area contributed by atoms with Gasteiger partial charge in [-0.3, -0.25) is 4.79 Å². The van der Waals surface area contributed by atoms with Gasteiger partial charge in [0.05, 0.1) is 0 Å². The molecule has 0 fully saturated rings. The maximum Gasteiger partial charge on any atom is 0.303 e. The second-order valence-corrected chi connectivity index (χ2v) is 5.74. The number of aromatic hydroxyl groups is 1. The lowest BCUT2D eigenvalue weighted by atomic mass is 10.1. The highest BCUT2D eigenvalue weighted by Crippen LogP contribution is 2.27. The molecule has 5 nitrogen and oxygen atoms in total. The minimum absolute atomic E-state index is 0.0289. The van der Waals surface area contributed by atoms with Crippen molar-refractivity contribution in [2.45, 2.75) is 24.2 Å². The highest BCUT2D eigenvalue weighted by atomic mass is 32.2. The number of benzene rings is 1. The first kappa shape index (κ1) is 13.5. The summed E-state index contributed by atoms with van der Waals surface area (Å²) in [4.78, 5) is 10.3. The summed E-state index contributed by atoms with van der Waals surface area (Å²) >= 11 is 0. The van der Waals surface area contributed by atoms with E-state index in [9.17, 15) is 18.3 Å². The second-order valence-electron chi connectivity index (χ2n) is 3.78. The summed E-state index contributed by atoms with van der Waals surface area (Å²) in [5.41, 5.74) is 0.453. The van der Waals surface area contributed by atoms with Gasteiger partial charge in [-0.25, -0.2) is 8.42 Å². The molecular formula is C11H14O5S. The molecule has 0 unspecified atom stereocenters. The van der Waals surface area contributed by atoms with E-state index in [-0.39, 0.29) is 17.1 Å². The minimum atomic E-state index is -3.51. The maximum absolute atomic E-state index is 11.5. The molecular weight excluding hydrogens is 244 g/mol. The molecule has 0 saturated carbocycles. The Bertz CT molecular complexity index is 519. The van der Waals surface area contributed by atoms with Crippen LogP contribution in [0.4, 0.5) is 0 Å². The molecule has 0 saturated heterocycles. The van der Waals surface area contributed by atoms with Crippen LogP contribution in [0.25, 0.3) is 0 Å². The third-order valence-corrected chi connectivity index (χ3v) is 3.50. The largest absolute Gasteiger partial charge is 0.507 e. The Hall–Kier alpha value is -1.56. The summed E-state index contributed by atoms with van der Waals surface area (Å²) in [6.07, 6.45) is 1.63. The molecule has 0 aliphatic carbocycles. The van der Waals surface area contributed by atoms with Crippen LogP contribution in [0, 0.1) is 0 Å². The van der Waals surface area contributed by atoms with E-state index in [4.69, 9.17) is 5.11 Å². The quantitative estimate of drug-likeness (QED) is 0.828. The molecule has 0 heterocycles. The molecule has 0 atom stereocenters. The van der Waals surface area contributed by atoms with Gasteiger partial charge in [-0.1, -0.05) is 12.1 Å². The lowest BCUT2D eigenvalue weighted by molar-refractivity contribution is -0.137. The van der Waals surface area contributed by atoms with Gasteiger partial charge >= 0.3 is 5.97 Å². The van der Waals surface area contributed by atoms with Crippen molar-refractivity contribution in [3.63, 3.8) is 0 Å². The van der Waals surface area contributed by atoms with Crippen LogP contribution < -0.4 is 0 Å². The van der Waals surface area contributed by atoms with Gasteiger partial charge in [0.25, 0.3) is 0 Å². The number of aryl methyl sites for hydroxylation is 1. The fraction of sp³-hybridized carbons (Fsp3) is 0.364. The number of rotatable bonds is 5. The number of hydrogen-bond acceptors (Lipinski definition) is 4. The number of carboxylic acids is 1. The van der Waals surface area contributed by atoms with E-state index in [1.165, 1.54) is 6.07 Å². The van der Waals surface area contributed by atoms with Crippen molar-refractivity contribution >= 4 is 15.8 Å². The summed E-state index contributed by atoms with van der Waals surface area (Å²) in [6, 6.07) is 4.43. The van der Waals surface area contributed by atoms with E-state index in [0.717, 1.165) is 6.26 Å². The van der Waals surface area contributed by atoms with Crippen molar-refractivity contribution in [3.8, 4) is 5.75 Å². The molecule has 2 N–H and O–H groups in total. The number of hydrogen-bond donors (Lipinski definition) is 2. The minimum Gasteiger partial charge on any atom is -0.507 e. The van der Waals surface area contributed by atoms with Gasteiger partial charge in [-0.05, 0) is 24.5 Å². The van der Waals surface area contributed by atoms with Crippen LogP contribution in [0.1, 0.15) is 18.4 Å². The standard InChI is InChI=1S/C11H14O5S/c1-17(15,16)11-8(4-2-6-9(11)12)5-3-7-10(13)14/h2,4,6,12H,3,5,7H2,1H3,(H,13,14). The number of phenolic OH excluding ortho intramolecular Hbond substituents is 1. The molecule has 0 radical (unpaired) electrons. The first-order valence-electron chi connectivity index (χ1n) is 5.05. The van der Waals surface area contributed by atoms with E-state index < -0.39 is 15.8 Å². The Kier molecular flexibility index (Phi) is 4.11. The number of carboxylic acid groups (broad SMARTS) is 1. The second kappa shape index (κ2) is 5.18. The summed E-state index contributed by atoms with van der Waals surface area (Å²) in [5.74, 6) is -1.22. The summed E-state index contributed by atoms with van der Waals surface area (Å²) < 4.78 is 23.0. The van der Waals surface area contributed by atoms with Crippen LogP contribution in [-0.4, -0.2) is 30.9 Å². The van der Waals surface area contributed by atoms with Gasteiger partial charge in [0.15, 0.2) is 9.84 Å². The summed E-state index contributed by atoms with van der Waals surface area (Å²) in [7, 11) is -3.51. The van der Waals surface area contributed by atoms with Crippen LogP contribution in [0.15, 0.2) is 23.1 Å². The van der Waals surface area contributed by atoms with E-state index in [1.807, 2.05) is 0 Å². The van der Waals surface area contributed by atoms with E-state index >= 15 is 0 Å². The molecule has 1 aromatic rings. The van der Waals surface area contributed by atoms with Crippen molar-refractivity contribution in [1.29, 1.82) is 0 Å². The topological polar surface area (TPSA) is 91.7 Å². The zero-order valence-electron chi connectivity index (χ0n) is 9.38. The fourth-order valence-corrected chi connectivity index (χ4v) is 2.72. The lowest BCUT2D eigenvalue weighted by Crippen LogP contribution is -2.04. The van der Waals surface area contributed by atoms with Crippen molar-refractivity contribution in [2.75, 3.05) is 6.26 Å². The third-order valence-electron chi connectivity index (χ3n) is 2.28.